The van der Waals surface area contributed by atoms with Crippen LogP contribution in [-0.4, -0.2) is 34.5 Å². The molecule has 37 heavy (non-hydrogen) atoms. The number of anilines is 2. The van der Waals surface area contributed by atoms with E-state index in [1.807, 2.05) is 61.5 Å². The fraction of sp³-hybridized carbons (Fsp3) is 0.276. The maximum absolute atomic E-state index is 13.3. The van der Waals surface area contributed by atoms with E-state index in [1.165, 1.54) is 11.3 Å². The highest BCUT2D eigenvalue weighted by molar-refractivity contribution is 7.18. The van der Waals surface area contributed by atoms with Crippen molar-refractivity contribution in [3.63, 3.8) is 0 Å². The summed E-state index contributed by atoms with van der Waals surface area (Å²) in [5, 5.41) is 19.4. The van der Waals surface area contributed by atoms with Crippen LogP contribution >= 0.6 is 11.3 Å². The molecule has 1 saturated carbocycles. The number of aliphatic hydroxyl groups is 1. The van der Waals surface area contributed by atoms with Gasteiger partial charge >= 0.3 is 0 Å². The normalized spacial score (nSPS) is 16.4. The molecule has 0 aliphatic heterocycles. The first-order chi connectivity index (χ1) is 18.0. The molecule has 3 aromatic rings. The molecule has 2 aliphatic carbocycles. The van der Waals surface area contributed by atoms with Gasteiger partial charge in [0.15, 0.2) is 5.13 Å². The van der Waals surface area contributed by atoms with E-state index in [0.29, 0.717) is 27.8 Å². The first kappa shape index (κ1) is 24.9. The summed E-state index contributed by atoms with van der Waals surface area (Å²) in [4.78, 5) is 31.1. The molecule has 1 atom stereocenters. The molecule has 2 amide bonds. The molecule has 0 bridgehead atoms. The maximum Gasteiger partial charge on any atom is 0.263 e. The summed E-state index contributed by atoms with van der Waals surface area (Å²) in [7, 11) is 0. The van der Waals surface area contributed by atoms with Crippen LogP contribution in [0.2, 0.25) is 0 Å². The van der Waals surface area contributed by atoms with Crippen LogP contribution in [-0.2, 0) is 6.61 Å². The number of rotatable bonds is 9. The summed E-state index contributed by atoms with van der Waals surface area (Å²) in [6.45, 7) is 2.46. The lowest BCUT2D eigenvalue weighted by Crippen LogP contribution is -2.28. The number of allylic oxidation sites excluding steroid dienone is 3. The van der Waals surface area contributed by atoms with Gasteiger partial charge in [-0.2, -0.15) is 0 Å². The molecule has 1 heterocycles. The fourth-order valence-electron chi connectivity index (χ4n) is 4.09. The Balaban J connectivity index is 1.41. The molecule has 7 nitrogen and oxygen atoms in total. The van der Waals surface area contributed by atoms with E-state index in [1.54, 1.807) is 0 Å². The molecule has 1 unspecified atom stereocenters. The molecule has 0 saturated heterocycles. The van der Waals surface area contributed by atoms with Crippen molar-refractivity contribution < 1.29 is 14.7 Å². The number of carbonyl (C=O) groups excluding carboxylic acids is 2. The largest absolute Gasteiger partial charge is 0.392 e. The molecule has 1 aromatic heterocycles. The third kappa shape index (κ3) is 6.15. The number of hydrogen-bond donors (Lipinski definition) is 4. The van der Waals surface area contributed by atoms with Gasteiger partial charge in [0.25, 0.3) is 11.8 Å². The van der Waals surface area contributed by atoms with Gasteiger partial charge in [-0.3, -0.25) is 9.59 Å². The average Bonchev–Trinajstić information content (AvgIpc) is 3.64. The molecule has 0 spiro atoms. The number of carbonyl (C=O) groups is 2. The average molecular weight is 515 g/mol. The zero-order valence-electron chi connectivity index (χ0n) is 20.7. The predicted molar refractivity (Wildman–Crippen MR) is 147 cm³/mol. The predicted octanol–water partition coefficient (Wildman–Crippen LogP) is 5.11. The Morgan fingerprint density at radius 3 is 2.59 bits per heavy atom. The summed E-state index contributed by atoms with van der Waals surface area (Å²) in [5.41, 5.74) is 4.48. The van der Waals surface area contributed by atoms with E-state index in [2.05, 4.69) is 28.1 Å². The van der Waals surface area contributed by atoms with Crippen molar-refractivity contribution in [2.75, 3.05) is 11.9 Å². The van der Waals surface area contributed by atoms with E-state index in [9.17, 15) is 14.7 Å². The molecular formula is C29H30N4O3S. The van der Waals surface area contributed by atoms with Gasteiger partial charge in [-0.25, -0.2) is 4.98 Å². The molecule has 4 N–H and O–H groups in total. The Bertz CT molecular complexity index is 1360. The van der Waals surface area contributed by atoms with Crippen LogP contribution < -0.4 is 16.0 Å². The molecule has 8 heteroatoms. The summed E-state index contributed by atoms with van der Waals surface area (Å²) < 4.78 is 0. The first-order valence-corrected chi connectivity index (χ1v) is 13.3. The van der Waals surface area contributed by atoms with Crippen LogP contribution in [0, 0.1) is 12.8 Å². The maximum atomic E-state index is 13.3. The number of thiazole rings is 1. The van der Waals surface area contributed by atoms with E-state index >= 15 is 0 Å². The number of aryl methyl sites for hydroxylation is 1. The van der Waals surface area contributed by atoms with E-state index in [-0.39, 0.29) is 30.4 Å². The molecule has 2 aliphatic rings. The second-order valence-electron chi connectivity index (χ2n) is 9.47. The van der Waals surface area contributed by atoms with E-state index in [4.69, 9.17) is 4.98 Å². The summed E-state index contributed by atoms with van der Waals surface area (Å²) in [6, 6.07) is 13.2. The molecular weight excluding hydrogens is 484 g/mol. The molecule has 0 radical (unpaired) electrons. The van der Waals surface area contributed by atoms with Crippen molar-refractivity contribution in [3.8, 4) is 11.3 Å². The van der Waals surface area contributed by atoms with Crippen molar-refractivity contribution in [2.45, 2.75) is 38.8 Å². The monoisotopic (exact) mass is 514 g/mol. The lowest BCUT2D eigenvalue weighted by Gasteiger charge is -2.13. The van der Waals surface area contributed by atoms with E-state index in [0.717, 1.165) is 41.6 Å². The SMILES string of the molecule is Cc1ccc(C(=O)NC2CC2)cc1Nc1nc(-c2ccc(CO)cc2)c(C(=O)NCC2C=CC=CC2)s1. The molecule has 2 aromatic carbocycles. The minimum Gasteiger partial charge on any atom is -0.392 e. The summed E-state index contributed by atoms with van der Waals surface area (Å²) in [5.74, 6) is 0.00368. The van der Waals surface area contributed by atoms with Crippen LogP contribution in [0.5, 0.6) is 0 Å². The molecule has 190 valence electrons. The fourth-order valence-corrected chi connectivity index (χ4v) is 5.00. The van der Waals surface area contributed by atoms with Crippen LogP contribution in [0.25, 0.3) is 11.3 Å². The number of aromatic nitrogens is 1. The van der Waals surface area contributed by atoms with Crippen LogP contribution in [0.1, 0.15) is 50.4 Å². The van der Waals surface area contributed by atoms with Crippen molar-refractivity contribution >= 4 is 34.0 Å². The van der Waals surface area contributed by atoms with Gasteiger partial charge in [0.05, 0.1) is 12.3 Å². The van der Waals surface area contributed by atoms with Crippen molar-refractivity contribution in [2.24, 2.45) is 5.92 Å². The number of hydrogen-bond acceptors (Lipinski definition) is 6. The van der Waals surface area contributed by atoms with Gasteiger partial charge < -0.3 is 21.1 Å². The first-order valence-electron chi connectivity index (χ1n) is 12.5. The Kier molecular flexibility index (Phi) is 7.48. The topological polar surface area (TPSA) is 103 Å². The van der Waals surface area contributed by atoms with Gasteiger partial charge in [-0.15, -0.1) is 0 Å². The zero-order chi connectivity index (χ0) is 25.8. The Hall–Kier alpha value is -3.75. The van der Waals surface area contributed by atoms with Gasteiger partial charge in [0.2, 0.25) is 0 Å². The lowest BCUT2D eigenvalue weighted by atomic mass is 10.0. The highest BCUT2D eigenvalue weighted by Crippen LogP contribution is 2.34. The number of nitrogens with zero attached hydrogens (tertiary/aromatic N) is 1. The van der Waals surface area contributed by atoms with Crippen molar-refractivity contribution in [3.05, 3.63) is 88.3 Å². The number of aliphatic hydroxyl groups excluding tert-OH is 1. The van der Waals surface area contributed by atoms with Gasteiger partial charge in [0, 0.05) is 29.4 Å². The van der Waals surface area contributed by atoms with Crippen LogP contribution in [0.15, 0.2) is 66.8 Å². The van der Waals surface area contributed by atoms with Gasteiger partial charge in [-0.1, -0.05) is 66.0 Å². The Labute approximate surface area is 220 Å². The van der Waals surface area contributed by atoms with E-state index < -0.39 is 0 Å². The number of benzene rings is 2. The quantitative estimate of drug-likeness (QED) is 0.318. The smallest absolute Gasteiger partial charge is 0.263 e. The molecule has 1 fully saturated rings. The Morgan fingerprint density at radius 2 is 1.89 bits per heavy atom. The highest BCUT2D eigenvalue weighted by Gasteiger charge is 2.24. The number of amides is 2. The van der Waals surface area contributed by atoms with Crippen LogP contribution in [0.3, 0.4) is 0 Å². The third-order valence-electron chi connectivity index (χ3n) is 6.49. The lowest BCUT2D eigenvalue weighted by molar-refractivity contribution is 0.0944. The minimum atomic E-state index is -0.177. The second-order valence-corrected chi connectivity index (χ2v) is 10.5. The summed E-state index contributed by atoms with van der Waals surface area (Å²) in [6.07, 6.45) is 11.2. The standard InChI is InChI=1S/C29H30N4O3S/c1-18-7-10-22(27(35)31-23-13-14-23)15-24(18)32-29-33-25(21-11-8-20(17-34)9-12-21)26(37-29)28(36)30-16-19-5-3-2-4-6-19/h2-5,7-12,15,19,23,34H,6,13-14,16-17H2,1H3,(H,30,36)(H,31,35)(H,32,33). The Morgan fingerprint density at radius 1 is 1.08 bits per heavy atom. The zero-order valence-corrected chi connectivity index (χ0v) is 21.5. The molecule has 5 rings (SSSR count). The number of nitrogens with one attached hydrogen (secondary N) is 3. The van der Waals surface area contributed by atoms with Crippen molar-refractivity contribution in [1.29, 1.82) is 0 Å². The van der Waals surface area contributed by atoms with Gasteiger partial charge in [0.1, 0.15) is 4.88 Å². The minimum absolute atomic E-state index is 0.0508. The van der Waals surface area contributed by atoms with Gasteiger partial charge in [-0.05, 0) is 55.4 Å². The second kappa shape index (κ2) is 11.1. The van der Waals surface area contributed by atoms with Crippen molar-refractivity contribution in [1.82, 2.24) is 15.6 Å². The third-order valence-corrected chi connectivity index (χ3v) is 7.46. The highest BCUT2D eigenvalue weighted by atomic mass is 32.1. The summed E-state index contributed by atoms with van der Waals surface area (Å²) >= 11 is 1.28. The van der Waals surface area contributed by atoms with Crippen LogP contribution in [0.4, 0.5) is 10.8 Å².